The number of nitrogens with zero attached hydrogens (tertiary/aromatic N) is 5. The Morgan fingerprint density at radius 1 is 0.981 bits per heavy atom. The number of aryl methyl sites for hydroxylation is 2. The molecule has 0 saturated carbocycles. The zero-order valence-electron chi connectivity index (χ0n) is 29.2. The molecule has 5 heterocycles. The number of methoxy groups -OCH3 is 1. The van der Waals surface area contributed by atoms with Crippen LogP contribution in [0.5, 0.6) is 5.88 Å². The number of likely N-dealkylation sites (tertiary alicyclic amines) is 1. The lowest BCUT2D eigenvalue weighted by atomic mass is 9.99. The highest BCUT2D eigenvalue weighted by atomic mass is 35.5. The summed E-state index contributed by atoms with van der Waals surface area (Å²) in [6, 6.07) is 12.9. The van der Waals surface area contributed by atoms with Crippen LogP contribution in [0.1, 0.15) is 35.7 Å². The SMILES string of the molecule is COc1nc(-c2cccc(-c3cccc(Nc4nc(C(F)(F)F)cc5c4c(=O)n(C)c(=O)n5C)c3Cl)c2Cl)cc2c1[C@@H](N1CC[C@]3(CNC(=O)N3)C1)CC2. The molecule has 3 aliphatic rings. The minimum atomic E-state index is -4.88. The summed E-state index contributed by atoms with van der Waals surface area (Å²) in [4.78, 5) is 48.8. The van der Waals surface area contributed by atoms with Crippen molar-refractivity contribution in [1.82, 2.24) is 34.6 Å². The van der Waals surface area contributed by atoms with E-state index in [9.17, 15) is 27.6 Å². The lowest BCUT2D eigenvalue weighted by Gasteiger charge is -2.28. The molecule has 5 aromatic rings. The number of fused-ring (bicyclic) bond motifs is 2. The first-order valence-electron chi connectivity index (χ1n) is 17.1. The number of amides is 2. The predicted octanol–water partition coefficient (Wildman–Crippen LogP) is 6.18. The molecule has 17 heteroatoms. The predicted molar refractivity (Wildman–Crippen MR) is 199 cm³/mol. The van der Waals surface area contributed by atoms with Crippen molar-refractivity contribution in [2.24, 2.45) is 14.1 Å². The molecule has 54 heavy (non-hydrogen) atoms. The van der Waals surface area contributed by atoms with Gasteiger partial charge in [0.15, 0.2) is 0 Å². The standard InChI is InChI=1S/C37H33Cl2F3N8O4/c1-48-25-15-26(37(40,41)42)46-31(28(25)33(51)49(2)35(48)53)44-22-9-5-7-20(30(22)39)19-6-4-8-21(29(19)38)23-14-18-10-11-24(27(18)32(45-23)54-3)50-13-12-36(17-50)16-43-34(52)47-36/h4-9,14-15,24H,10-13,16-17H2,1-3H3,(H,44,46)(H2,43,47,52)/t24-,36-/m0/s1. The summed E-state index contributed by atoms with van der Waals surface area (Å²) in [6.45, 7) is 2.14. The van der Waals surface area contributed by atoms with Crippen LogP contribution in [0.3, 0.4) is 0 Å². The van der Waals surface area contributed by atoms with E-state index in [1.807, 2.05) is 12.1 Å². The summed E-state index contributed by atoms with van der Waals surface area (Å²) in [5, 5.41) is 9.03. The largest absolute Gasteiger partial charge is 0.481 e. The number of halogens is 5. The van der Waals surface area contributed by atoms with Crippen LogP contribution < -0.4 is 31.9 Å². The van der Waals surface area contributed by atoms with Gasteiger partial charge < -0.3 is 20.7 Å². The summed E-state index contributed by atoms with van der Waals surface area (Å²) >= 11 is 14.1. The third-order valence-electron chi connectivity index (χ3n) is 10.7. The third-order valence-corrected chi connectivity index (χ3v) is 11.5. The van der Waals surface area contributed by atoms with Crippen LogP contribution in [0.15, 0.2) is 58.1 Å². The number of aromatic nitrogens is 4. The highest BCUT2D eigenvalue weighted by Crippen LogP contribution is 2.47. The van der Waals surface area contributed by atoms with Crippen LogP contribution >= 0.6 is 23.2 Å². The molecule has 2 fully saturated rings. The topological polar surface area (TPSA) is 135 Å². The monoisotopic (exact) mass is 780 g/mol. The molecule has 3 aromatic heterocycles. The number of nitrogens with one attached hydrogen (secondary N) is 3. The molecule has 2 saturated heterocycles. The summed E-state index contributed by atoms with van der Waals surface area (Å²) in [5.74, 6) is 0.0751. The van der Waals surface area contributed by atoms with E-state index >= 15 is 0 Å². The molecular weight excluding hydrogens is 748 g/mol. The van der Waals surface area contributed by atoms with Gasteiger partial charge in [-0.05, 0) is 43.0 Å². The number of urea groups is 1. The highest BCUT2D eigenvalue weighted by molar-refractivity contribution is 6.39. The fourth-order valence-corrected chi connectivity index (χ4v) is 8.56. The maximum atomic E-state index is 14.0. The number of hydrogen-bond donors (Lipinski definition) is 3. The number of alkyl halides is 3. The molecular formula is C37H33Cl2F3N8O4. The van der Waals surface area contributed by atoms with E-state index in [0.717, 1.165) is 52.6 Å². The van der Waals surface area contributed by atoms with E-state index in [1.165, 1.54) is 20.2 Å². The van der Waals surface area contributed by atoms with E-state index in [-0.39, 0.29) is 39.2 Å². The van der Waals surface area contributed by atoms with Gasteiger partial charge in [-0.2, -0.15) is 13.2 Å². The van der Waals surface area contributed by atoms with Crippen molar-refractivity contribution in [3.63, 3.8) is 0 Å². The van der Waals surface area contributed by atoms with Gasteiger partial charge in [0.2, 0.25) is 5.88 Å². The van der Waals surface area contributed by atoms with Gasteiger partial charge in [0, 0.05) is 62.0 Å². The quantitative estimate of drug-likeness (QED) is 0.186. The Hall–Kier alpha value is -5.12. The number of ether oxygens (including phenoxy) is 1. The molecule has 1 aliphatic carbocycles. The lowest BCUT2D eigenvalue weighted by molar-refractivity contribution is -0.141. The van der Waals surface area contributed by atoms with E-state index < -0.39 is 28.9 Å². The molecule has 12 nitrogen and oxygen atoms in total. The minimum absolute atomic E-state index is 0.0812. The minimum Gasteiger partial charge on any atom is -0.481 e. The summed E-state index contributed by atoms with van der Waals surface area (Å²) < 4.78 is 49.6. The molecule has 3 N–H and O–H groups in total. The van der Waals surface area contributed by atoms with Crippen LogP contribution in [0.2, 0.25) is 10.0 Å². The van der Waals surface area contributed by atoms with E-state index in [2.05, 4.69) is 25.8 Å². The number of benzene rings is 2. The number of carbonyl (C=O) groups is 1. The van der Waals surface area contributed by atoms with Crippen molar-refractivity contribution in [1.29, 1.82) is 0 Å². The van der Waals surface area contributed by atoms with Crippen molar-refractivity contribution in [3.8, 4) is 28.3 Å². The second-order valence-electron chi connectivity index (χ2n) is 13.9. The first-order valence-corrected chi connectivity index (χ1v) is 17.9. The van der Waals surface area contributed by atoms with Gasteiger partial charge in [-0.1, -0.05) is 53.5 Å². The number of rotatable bonds is 6. The Balaban J connectivity index is 1.15. The third kappa shape index (κ3) is 5.85. The lowest BCUT2D eigenvalue weighted by Crippen LogP contribution is -2.46. The Bertz CT molecular complexity index is 2520. The maximum Gasteiger partial charge on any atom is 0.433 e. The van der Waals surface area contributed by atoms with Gasteiger partial charge in [0.05, 0.1) is 39.6 Å². The number of pyridine rings is 2. The highest BCUT2D eigenvalue weighted by Gasteiger charge is 2.47. The molecule has 2 atom stereocenters. The molecule has 2 amide bonds. The Morgan fingerprint density at radius 3 is 2.41 bits per heavy atom. The molecule has 2 aromatic carbocycles. The van der Waals surface area contributed by atoms with Gasteiger partial charge in [-0.15, -0.1) is 0 Å². The van der Waals surface area contributed by atoms with Crippen LogP contribution in [0.25, 0.3) is 33.3 Å². The normalized spacial score (nSPS) is 19.7. The van der Waals surface area contributed by atoms with Gasteiger partial charge in [0.25, 0.3) is 5.56 Å². The van der Waals surface area contributed by atoms with E-state index in [1.54, 1.807) is 31.4 Å². The Labute approximate surface area is 315 Å². The zero-order chi connectivity index (χ0) is 38.3. The molecule has 0 radical (unpaired) electrons. The van der Waals surface area contributed by atoms with Crippen molar-refractivity contribution in [2.45, 2.75) is 37.0 Å². The van der Waals surface area contributed by atoms with E-state index in [4.69, 9.17) is 32.9 Å². The first-order chi connectivity index (χ1) is 25.7. The number of anilines is 2. The van der Waals surface area contributed by atoms with Crippen LogP contribution in [-0.2, 0) is 26.7 Å². The average Bonchev–Trinajstić information content (AvgIpc) is 3.87. The van der Waals surface area contributed by atoms with Gasteiger partial charge in [0.1, 0.15) is 16.9 Å². The van der Waals surface area contributed by atoms with Crippen LogP contribution in [-0.4, -0.2) is 62.3 Å². The zero-order valence-corrected chi connectivity index (χ0v) is 30.7. The van der Waals surface area contributed by atoms with Gasteiger partial charge in [-0.25, -0.2) is 19.6 Å². The second kappa shape index (κ2) is 13.0. The van der Waals surface area contributed by atoms with Crippen LogP contribution in [0.4, 0.5) is 29.5 Å². The smallest absolute Gasteiger partial charge is 0.433 e. The fourth-order valence-electron chi connectivity index (χ4n) is 7.96. The summed E-state index contributed by atoms with van der Waals surface area (Å²) in [5.41, 5.74) is 1.01. The number of carbonyl (C=O) groups excluding carboxylic acids is 1. The van der Waals surface area contributed by atoms with Crippen molar-refractivity contribution in [2.75, 3.05) is 32.1 Å². The fraction of sp³-hybridized carbons (Fsp3) is 0.324. The summed E-state index contributed by atoms with van der Waals surface area (Å²) in [6.07, 6.45) is -2.36. The molecule has 0 bridgehead atoms. The van der Waals surface area contributed by atoms with Crippen molar-refractivity contribution < 1.29 is 22.7 Å². The van der Waals surface area contributed by atoms with E-state index in [0.29, 0.717) is 45.9 Å². The van der Waals surface area contributed by atoms with Crippen molar-refractivity contribution >= 4 is 51.6 Å². The molecule has 0 unspecified atom stereocenters. The van der Waals surface area contributed by atoms with Gasteiger partial charge in [-0.3, -0.25) is 18.8 Å². The molecule has 8 rings (SSSR count). The maximum absolute atomic E-state index is 14.0. The first kappa shape index (κ1) is 35.9. The summed E-state index contributed by atoms with van der Waals surface area (Å²) in [7, 11) is 4.09. The van der Waals surface area contributed by atoms with Gasteiger partial charge >= 0.3 is 17.9 Å². The van der Waals surface area contributed by atoms with Crippen LogP contribution in [0, 0.1) is 0 Å². The Morgan fingerprint density at radius 2 is 1.70 bits per heavy atom. The number of hydrogen-bond acceptors (Lipinski definition) is 8. The molecule has 280 valence electrons. The average molecular weight is 782 g/mol. The van der Waals surface area contributed by atoms with Crippen molar-refractivity contribution in [3.05, 3.63) is 96.2 Å². The molecule has 2 aliphatic heterocycles. The Kier molecular flexibility index (Phi) is 8.66. The second-order valence-corrected chi connectivity index (χ2v) is 14.6. The molecule has 1 spiro atoms.